The van der Waals surface area contributed by atoms with E-state index in [1.165, 1.54) is 13.1 Å². The number of aromatic nitrogens is 1. The Morgan fingerprint density at radius 1 is 1.05 bits per heavy atom. The van der Waals surface area contributed by atoms with E-state index in [1.807, 2.05) is 42.3 Å². The van der Waals surface area contributed by atoms with Crippen LogP contribution < -0.4 is 14.5 Å². The van der Waals surface area contributed by atoms with Crippen molar-refractivity contribution in [2.24, 2.45) is 11.8 Å². The average Bonchev–Trinajstić information content (AvgIpc) is 3.58. The molecule has 42 heavy (non-hydrogen) atoms. The molecule has 0 aliphatic heterocycles. The van der Waals surface area contributed by atoms with Crippen LogP contribution in [0.2, 0.25) is 0 Å². The van der Waals surface area contributed by atoms with Crippen molar-refractivity contribution >= 4 is 39.4 Å². The largest absolute Gasteiger partial charge is 0.465 e. The Morgan fingerprint density at radius 3 is 2.12 bits per heavy atom. The topological polar surface area (TPSA) is 140 Å². The van der Waals surface area contributed by atoms with Crippen LogP contribution in [-0.2, 0) is 21.2 Å². The summed E-state index contributed by atoms with van der Waals surface area (Å²) in [6, 6.07) is 12.0. The fraction of sp³-hybridized carbons (Fsp3) is 0.533. The molecule has 0 saturated heterocycles. The quantitative estimate of drug-likeness (QED) is 0.376. The number of nitrogens with one attached hydrogen (secondary N) is 1. The van der Waals surface area contributed by atoms with Crippen LogP contribution in [0.5, 0.6) is 0 Å². The molecule has 2 unspecified atom stereocenters. The zero-order chi connectivity index (χ0) is 31.6. The highest BCUT2D eigenvalue weighted by Crippen LogP contribution is 2.38. The molecule has 230 valence electrons. The third-order valence-electron chi connectivity index (χ3n) is 7.81. The predicted molar refractivity (Wildman–Crippen MR) is 164 cm³/mol. The van der Waals surface area contributed by atoms with Gasteiger partial charge >= 0.3 is 6.09 Å². The maximum absolute atomic E-state index is 13.8. The van der Waals surface area contributed by atoms with E-state index < -0.39 is 45.4 Å². The van der Waals surface area contributed by atoms with Crippen LogP contribution in [-0.4, -0.2) is 85.7 Å². The molecule has 1 fully saturated rings. The number of hydrogen-bond acceptors (Lipinski definition) is 7. The van der Waals surface area contributed by atoms with Gasteiger partial charge in [-0.05, 0) is 63.6 Å². The van der Waals surface area contributed by atoms with E-state index in [-0.39, 0.29) is 17.8 Å². The molecule has 1 heterocycles. The fourth-order valence-corrected chi connectivity index (χ4v) is 5.68. The van der Waals surface area contributed by atoms with Crippen molar-refractivity contribution in [2.45, 2.75) is 58.5 Å². The fourth-order valence-electron chi connectivity index (χ4n) is 5.25. The maximum Gasteiger partial charge on any atom is 0.408 e. The van der Waals surface area contributed by atoms with Gasteiger partial charge < -0.3 is 15.3 Å². The molecule has 1 aliphatic carbocycles. The lowest BCUT2D eigenvalue weighted by atomic mass is 9.83. The second kappa shape index (κ2) is 12.3. The summed E-state index contributed by atoms with van der Waals surface area (Å²) in [7, 11) is -0.465. The van der Waals surface area contributed by atoms with Gasteiger partial charge in [-0.25, -0.2) is 18.2 Å². The number of ketones is 1. The first-order valence-corrected chi connectivity index (χ1v) is 15.7. The third kappa shape index (κ3) is 7.78. The van der Waals surface area contributed by atoms with Gasteiger partial charge in [0.25, 0.3) is 5.91 Å². The molecule has 3 atom stereocenters. The minimum Gasteiger partial charge on any atom is -0.465 e. The number of carboxylic acid groups (broad SMARTS) is 1. The summed E-state index contributed by atoms with van der Waals surface area (Å²) in [5.41, 5.74) is -1.51. The second-order valence-corrected chi connectivity index (χ2v) is 14.5. The summed E-state index contributed by atoms with van der Waals surface area (Å²) in [5.74, 6) is 0.484. The number of sulfonamides is 1. The lowest BCUT2D eigenvalue weighted by Gasteiger charge is -2.46. The molecule has 2 amide bonds. The Morgan fingerprint density at radius 2 is 1.62 bits per heavy atom. The number of rotatable bonds is 12. The summed E-state index contributed by atoms with van der Waals surface area (Å²) in [5, 5.41) is 12.8. The molecule has 3 rings (SSSR count). The van der Waals surface area contributed by atoms with E-state index in [9.17, 15) is 27.9 Å². The Balaban J connectivity index is 1.92. The molecule has 0 radical (unpaired) electrons. The standard InChI is InChI=1S/C30H43N5O6S/c1-20-14-23(20)19-33(6)25-15-22(16-26(32-25)34(7)42(8,40)41)27(37)31-18-24(36)30(5,17-21-12-10-9-11-13-21)35(28(38)39)29(2,3)4/h9-13,15-16,20,23H,14,17-19H2,1-8H3,(H,31,37)(H,38,39)/t20?,23?,30-/m1/s1. The Kier molecular flexibility index (Phi) is 9.61. The monoisotopic (exact) mass is 601 g/mol. The van der Waals surface area contributed by atoms with Crippen molar-refractivity contribution in [1.29, 1.82) is 0 Å². The first kappa shape index (κ1) is 32.8. The van der Waals surface area contributed by atoms with Crippen molar-refractivity contribution in [1.82, 2.24) is 15.2 Å². The zero-order valence-electron chi connectivity index (χ0n) is 25.7. The maximum atomic E-state index is 13.8. The van der Waals surface area contributed by atoms with Gasteiger partial charge in [0.2, 0.25) is 10.0 Å². The van der Waals surface area contributed by atoms with Gasteiger partial charge in [-0.3, -0.25) is 18.8 Å². The van der Waals surface area contributed by atoms with Crippen LogP contribution >= 0.6 is 0 Å². The summed E-state index contributed by atoms with van der Waals surface area (Å²) in [6.45, 7) is 9.15. The van der Waals surface area contributed by atoms with E-state index in [4.69, 9.17) is 0 Å². The Hall–Kier alpha value is -3.67. The molecule has 12 heteroatoms. The van der Waals surface area contributed by atoms with Gasteiger partial charge in [-0.2, -0.15) is 0 Å². The van der Waals surface area contributed by atoms with Gasteiger partial charge in [0, 0.05) is 38.2 Å². The molecular weight excluding hydrogens is 558 g/mol. The number of pyridine rings is 1. The number of amides is 2. The van der Waals surface area contributed by atoms with Gasteiger partial charge in [0.15, 0.2) is 5.78 Å². The van der Waals surface area contributed by atoms with Gasteiger partial charge in [0.1, 0.15) is 17.2 Å². The minimum absolute atomic E-state index is 0.0703. The molecule has 1 aromatic heterocycles. The van der Waals surface area contributed by atoms with Crippen molar-refractivity contribution in [2.75, 3.05) is 42.6 Å². The van der Waals surface area contributed by atoms with E-state index in [2.05, 4.69) is 17.2 Å². The molecule has 11 nitrogen and oxygen atoms in total. The molecule has 1 aromatic carbocycles. The highest BCUT2D eigenvalue weighted by molar-refractivity contribution is 7.92. The summed E-state index contributed by atoms with van der Waals surface area (Å²) >= 11 is 0. The van der Waals surface area contributed by atoms with Crippen molar-refractivity contribution in [3.63, 3.8) is 0 Å². The summed E-state index contributed by atoms with van der Waals surface area (Å²) in [6.07, 6.45) is 0.999. The molecule has 2 aromatic rings. The first-order valence-electron chi connectivity index (χ1n) is 13.9. The molecule has 1 saturated carbocycles. The number of nitrogens with zero attached hydrogens (tertiary/aromatic N) is 4. The molecular formula is C30H43N5O6S. The van der Waals surface area contributed by atoms with Crippen LogP contribution in [0.4, 0.5) is 16.4 Å². The van der Waals surface area contributed by atoms with E-state index in [0.29, 0.717) is 24.2 Å². The van der Waals surface area contributed by atoms with E-state index in [1.54, 1.807) is 33.8 Å². The Bertz CT molecular complexity index is 1430. The van der Waals surface area contributed by atoms with Crippen LogP contribution in [0.15, 0.2) is 42.5 Å². The number of carbonyl (C=O) groups excluding carboxylic acids is 2. The lowest BCUT2D eigenvalue weighted by molar-refractivity contribution is -0.131. The highest BCUT2D eigenvalue weighted by atomic mass is 32.2. The molecule has 1 aliphatic rings. The number of hydrogen-bond donors (Lipinski definition) is 2. The van der Waals surface area contributed by atoms with Crippen LogP contribution in [0.1, 0.15) is 57.0 Å². The molecule has 2 N–H and O–H groups in total. The summed E-state index contributed by atoms with van der Waals surface area (Å²) < 4.78 is 25.5. The number of anilines is 2. The number of Topliss-reactive ketones (excluding diaryl/α,β-unsaturated/α-hetero) is 1. The first-order chi connectivity index (χ1) is 19.3. The predicted octanol–water partition coefficient (Wildman–Crippen LogP) is 3.65. The zero-order valence-corrected chi connectivity index (χ0v) is 26.5. The van der Waals surface area contributed by atoms with Crippen LogP contribution in [0.3, 0.4) is 0 Å². The molecule has 0 bridgehead atoms. The normalized spacial score (nSPS) is 18.0. The van der Waals surface area contributed by atoms with Gasteiger partial charge in [-0.1, -0.05) is 37.3 Å². The molecule has 0 spiro atoms. The average molecular weight is 602 g/mol. The van der Waals surface area contributed by atoms with Crippen molar-refractivity contribution in [3.05, 3.63) is 53.6 Å². The lowest BCUT2D eigenvalue weighted by Crippen LogP contribution is -2.64. The second-order valence-electron chi connectivity index (χ2n) is 12.5. The van der Waals surface area contributed by atoms with Crippen LogP contribution in [0, 0.1) is 11.8 Å². The van der Waals surface area contributed by atoms with Crippen molar-refractivity contribution in [3.8, 4) is 0 Å². The summed E-state index contributed by atoms with van der Waals surface area (Å²) in [4.78, 5) is 47.2. The SMILES string of the molecule is CC1CC1CN(C)c1cc(C(=O)NCC(=O)[C@@](C)(Cc2ccccc2)N(C(=O)O)C(C)(C)C)cc(N(C)S(C)(=O)=O)n1. The van der Waals surface area contributed by atoms with Gasteiger partial charge in [0.05, 0.1) is 12.8 Å². The number of carbonyl (C=O) groups is 3. The third-order valence-corrected chi connectivity index (χ3v) is 9.00. The minimum atomic E-state index is -3.66. The number of benzene rings is 1. The smallest absolute Gasteiger partial charge is 0.408 e. The van der Waals surface area contributed by atoms with Crippen LogP contribution in [0.25, 0.3) is 0 Å². The van der Waals surface area contributed by atoms with Crippen molar-refractivity contribution < 1.29 is 27.9 Å². The highest BCUT2D eigenvalue weighted by Gasteiger charge is 2.47. The van der Waals surface area contributed by atoms with Gasteiger partial charge in [-0.15, -0.1) is 0 Å². The Labute approximate surface area is 249 Å². The van der Waals surface area contributed by atoms with E-state index in [0.717, 1.165) is 27.4 Å². The van der Waals surface area contributed by atoms with E-state index >= 15 is 0 Å².